The SMILES string of the molecule is Nc1cc(CNCCC(F)(F)F)nc2ccccc12. The molecule has 3 nitrogen and oxygen atoms in total. The molecule has 0 unspecified atom stereocenters. The van der Waals surface area contributed by atoms with Crippen molar-refractivity contribution in [1.82, 2.24) is 10.3 Å². The van der Waals surface area contributed by atoms with Crippen LogP contribution in [0.15, 0.2) is 30.3 Å². The van der Waals surface area contributed by atoms with Crippen molar-refractivity contribution in [1.29, 1.82) is 0 Å². The van der Waals surface area contributed by atoms with Crippen molar-refractivity contribution in [3.63, 3.8) is 0 Å². The third-order valence-electron chi connectivity index (χ3n) is 2.69. The molecule has 0 bridgehead atoms. The Bertz CT molecular complexity index is 567. The number of hydrogen-bond donors (Lipinski definition) is 2. The van der Waals surface area contributed by atoms with Gasteiger partial charge in [0.05, 0.1) is 17.6 Å². The van der Waals surface area contributed by atoms with Crippen LogP contribution >= 0.6 is 0 Å². The molecule has 0 aliphatic rings. The van der Waals surface area contributed by atoms with E-state index < -0.39 is 12.6 Å². The highest BCUT2D eigenvalue weighted by Crippen LogP contribution is 2.20. The number of fused-ring (bicyclic) bond motifs is 1. The van der Waals surface area contributed by atoms with Crippen LogP contribution in [0.2, 0.25) is 0 Å². The number of nitrogen functional groups attached to an aromatic ring is 1. The van der Waals surface area contributed by atoms with Gasteiger partial charge in [0.2, 0.25) is 0 Å². The summed E-state index contributed by atoms with van der Waals surface area (Å²) in [4.78, 5) is 4.35. The van der Waals surface area contributed by atoms with Gasteiger partial charge < -0.3 is 11.1 Å². The summed E-state index contributed by atoms with van der Waals surface area (Å²) < 4.78 is 35.9. The third kappa shape index (κ3) is 3.82. The summed E-state index contributed by atoms with van der Waals surface area (Å²) in [5.74, 6) is 0. The Morgan fingerprint density at radius 3 is 2.68 bits per heavy atom. The average Bonchev–Trinajstić information content (AvgIpc) is 2.34. The van der Waals surface area contributed by atoms with E-state index in [4.69, 9.17) is 5.73 Å². The van der Waals surface area contributed by atoms with Crippen LogP contribution in [0.3, 0.4) is 0 Å². The van der Waals surface area contributed by atoms with E-state index in [1.165, 1.54) is 0 Å². The molecule has 0 fully saturated rings. The van der Waals surface area contributed by atoms with Gasteiger partial charge in [0.25, 0.3) is 0 Å². The Hall–Kier alpha value is -1.82. The Morgan fingerprint density at radius 1 is 1.21 bits per heavy atom. The maximum atomic E-state index is 12.0. The Balaban J connectivity index is 2.01. The van der Waals surface area contributed by atoms with Crippen molar-refractivity contribution in [3.05, 3.63) is 36.0 Å². The van der Waals surface area contributed by atoms with E-state index in [9.17, 15) is 13.2 Å². The average molecular weight is 269 g/mol. The van der Waals surface area contributed by atoms with Gasteiger partial charge in [-0.3, -0.25) is 4.98 Å². The van der Waals surface area contributed by atoms with Crippen molar-refractivity contribution in [2.45, 2.75) is 19.1 Å². The lowest BCUT2D eigenvalue weighted by Crippen LogP contribution is -2.21. The molecule has 0 aliphatic carbocycles. The van der Waals surface area contributed by atoms with Gasteiger partial charge in [0, 0.05) is 24.2 Å². The number of hydrogen-bond acceptors (Lipinski definition) is 3. The Morgan fingerprint density at radius 2 is 1.95 bits per heavy atom. The van der Waals surface area contributed by atoms with Crippen molar-refractivity contribution in [3.8, 4) is 0 Å². The van der Waals surface area contributed by atoms with Gasteiger partial charge >= 0.3 is 6.18 Å². The fraction of sp³-hybridized carbons (Fsp3) is 0.308. The molecule has 0 atom stereocenters. The van der Waals surface area contributed by atoms with Crippen LogP contribution in [0.4, 0.5) is 18.9 Å². The van der Waals surface area contributed by atoms with Crippen molar-refractivity contribution >= 4 is 16.6 Å². The van der Waals surface area contributed by atoms with E-state index in [0.717, 1.165) is 10.9 Å². The maximum Gasteiger partial charge on any atom is 0.390 e. The molecule has 2 aromatic rings. The molecule has 0 saturated carbocycles. The first kappa shape index (κ1) is 13.6. The Labute approximate surface area is 108 Å². The predicted molar refractivity (Wildman–Crippen MR) is 68.5 cm³/mol. The molecule has 0 amide bonds. The molecule has 6 heteroatoms. The molecule has 0 radical (unpaired) electrons. The summed E-state index contributed by atoms with van der Waals surface area (Å²) in [7, 11) is 0. The highest BCUT2D eigenvalue weighted by molar-refractivity contribution is 5.90. The zero-order valence-electron chi connectivity index (χ0n) is 10.2. The van der Waals surface area contributed by atoms with Crippen LogP contribution in [-0.4, -0.2) is 17.7 Å². The molecule has 1 heterocycles. The summed E-state index contributed by atoms with van der Waals surface area (Å²) in [6, 6.07) is 9.07. The molecular formula is C13H14F3N3. The molecule has 102 valence electrons. The lowest BCUT2D eigenvalue weighted by atomic mass is 10.1. The summed E-state index contributed by atoms with van der Waals surface area (Å²) in [6.45, 7) is 0.142. The fourth-order valence-electron chi connectivity index (χ4n) is 1.80. The van der Waals surface area contributed by atoms with E-state index in [1.807, 2.05) is 24.3 Å². The van der Waals surface area contributed by atoms with Crippen LogP contribution in [0, 0.1) is 0 Å². The van der Waals surface area contributed by atoms with Crippen LogP contribution in [0.5, 0.6) is 0 Å². The van der Waals surface area contributed by atoms with E-state index in [2.05, 4.69) is 10.3 Å². The molecule has 1 aromatic heterocycles. The molecule has 0 saturated heterocycles. The van der Waals surface area contributed by atoms with Crippen LogP contribution in [-0.2, 0) is 6.54 Å². The monoisotopic (exact) mass is 269 g/mol. The minimum atomic E-state index is -4.14. The quantitative estimate of drug-likeness (QED) is 0.839. The number of halogens is 3. The predicted octanol–water partition coefficient (Wildman–Crippen LogP) is 2.86. The largest absolute Gasteiger partial charge is 0.398 e. The maximum absolute atomic E-state index is 12.0. The molecule has 3 N–H and O–H groups in total. The van der Waals surface area contributed by atoms with Crippen LogP contribution in [0.1, 0.15) is 12.1 Å². The Kier molecular flexibility index (Phi) is 3.90. The lowest BCUT2D eigenvalue weighted by molar-refractivity contribution is -0.133. The lowest BCUT2D eigenvalue weighted by Gasteiger charge is -2.09. The smallest absolute Gasteiger partial charge is 0.390 e. The van der Waals surface area contributed by atoms with E-state index >= 15 is 0 Å². The number of pyridine rings is 1. The van der Waals surface area contributed by atoms with Crippen LogP contribution < -0.4 is 11.1 Å². The highest BCUT2D eigenvalue weighted by atomic mass is 19.4. The number of rotatable bonds is 4. The molecule has 0 aliphatic heterocycles. The van der Waals surface area contributed by atoms with Crippen molar-refractivity contribution < 1.29 is 13.2 Å². The first-order valence-corrected chi connectivity index (χ1v) is 5.87. The first-order valence-electron chi connectivity index (χ1n) is 5.87. The standard InChI is InChI=1S/C13H14F3N3/c14-13(15,16)5-6-18-8-9-7-11(17)10-3-1-2-4-12(10)19-9/h1-4,7,18H,5-6,8H2,(H2,17,19). The van der Waals surface area contributed by atoms with E-state index in [0.29, 0.717) is 11.4 Å². The van der Waals surface area contributed by atoms with Gasteiger partial charge in [0.15, 0.2) is 0 Å². The normalized spacial score (nSPS) is 11.9. The minimum absolute atomic E-state index is 0.127. The second-order valence-electron chi connectivity index (χ2n) is 4.26. The second kappa shape index (κ2) is 5.44. The number of nitrogens with one attached hydrogen (secondary N) is 1. The van der Waals surface area contributed by atoms with Gasteiger partial charge in [-0.25, -0.2) is 0 Å². The van der Waals surface area contributed by atoms with E-state index in [1.54, 1.807) is 6.07 Å². The van der Waals surface area contributed by atoms with Crippen LogP contribution in [0.25, 0.3) is 10.9 Å². The molecule has 19 heavy (non-hydrogen) atoms. The number of nitrogens with zero attached hydrogens (tertiary/aromatic N) is 1. The van der Waals surface area contributed by atoms with Gasteiger partial charge in [0.1, 0.15) is 0 Å². The number of benzene rings is 1. The number of aromatic nitrogens is 1. The zero-order valence-corrected chi connectivity index (χ0v) is 10.2. The molecular weight excluding hydrogens is 255 g/mol. The summed E-state index contributed by atoms with van der Waals surface area (Å²) in [5.41, 5.74) is 7.85. The summed E-state index contributed by atoms with van der Waals surface area (Å²) in [5, 5.41) is 3.56. The van der Waals surface area contributed by atoms with Gasteiger partial charge in [-0.15, -0.1) is 0 Å². The van der Waals surface area contributed by atoms with Gasteiger partial charge in [-0.2, -0.15) is 13.2 Å². The zero-order chi connectivity index (χ0) is 13.9. The number of alkyl halides is 3. The van der Waals surface area contributed by atoms with E-state index in [-0.39, 0.29) is 13.1 Å². The van der Waals surface area contributed by atoms with Gasteiger partial charge in [-0.05, 0) is 12.1 Å². The van der Waals surface area contributed by atoms with Crippen molar-refractivity contribution in [2.24, 2.45) is 0 Å². The number of anilines is 1. The molecule has 0 spiro atoms. The topological polar surface area (TPSA) is 50.9 Å². The summed E-state index contributed by atoms with van der Waals surface area (Å²) in [6.07, 6.45) is -4.99. The van der Waals surface area contributed by atoms with Gasteiger partial charge in [-0.1, -0.05) is 18.2 Å². The molecule has 2 rings (SSSR count). The molecule has 1 aromatic carbocycles. The fourth-order valence-corrected chi connectivity index (χ4v) is 1.80. The second-order valence-corrected chi connectivity index (χ2v) is 4.26. The minimum Gasteiger partial charge on any atom is -0.398 e. The first-order chi connectivity index (χ1) is 8.96. The van der Waals surface area contributed by atoms with Crippen molar-refractivity contribution in [2.75, 3.05) is 12.3 Å². The number of nitrogens with two attached hydrogens (primary N) is 1. The highest BCUT2D eigenvalue weighted by Gasteiger charge is 2.25. The third-order valence-corrected chi connectivity index (χ3v) is 2.69. The number of para-hydroxylation sites is 1. The summed E-state index contributed by atoms with van der Waals surface area (Å²) >= 11 is 0.